The highest BCUT2D eigenvalue weighted by atomic mass is 15.4. The molecule has 2 atom stereocenters. The van der Waals surface area contributed by atoms with E-state index in [1.54, 1.807) is 0 Å². The van der Waals surface area contributed by atoms with E-state index < -0.39 is 0 Å². The summed E-state index contributed by atoms with van der Waals surface area (Å²) < 4.78 is 0. The van der Waals surface area contributed by atoms with Crippen LogP contribution in [0.4, 0.5) is 17.2 Å². The number of benzene rings is 2. The molecule has 0 spiro atoms. The first-order chi connectivity index (χ1) is 13.4. The lowest BCUT2D eigenvalue weighted by atomic mass is 9.69. The normalized spacial score (nSPS) is 21.9. The maximum Gasteiger partial charge on any atom is 0.161 e. The Morgan fingerprint density at radius 3 is 2.46 bits per heavy atom. The summed E-state index contributed by atoms with van der Waals surface area (Å²) in [5, 5.41) is 0. The van der Waals surface area contributed by atoms with Gasteiger partial charge in [-0.3, -0.25) is 0 Å². The zero-order valence-electron chi connectivity index (χ0n) is 17.1. The Balaban J connectivity index is 1.70. The van der Waals surface area contributed by atoms with Gasteiger partial charge in [-0.2, -0.15) is 0 Å². The molecule has 3 aromatic rings. The van der Waals surface area contributed by atoms with Crippen molar-refractivity contribution in [2.75, 3.05) is 16.8 Å². The molecule has 0 N–H and O–H groups in total. The fourth-order valence-corrected chi connectivity index (χ4v) is 4.87. The van der Waals surface area contributed by atoms with Gasteiger partial charge in [0.1, 0.15) is 11.9 Å². The Morgan fingerprint density at radius 2 is 1.68 bits per heavy atom. The minimum Gasteiger partial charge on any atom is -0.337 e. The first-order valence-corrected chi connectivity index (χ1v) is 9.96. The molecule has 1 aromatic heterocycles. The van der Waals surface area contributed by atoms with Crippen LogP contribution in [0, 0.1) is 12.8 Å². The van der Waals surface area contributed by atoms with E-state index in [4.69, 9.17) is 9.97 Å². The second kappa shape index (κ2) is 5.81. The SMILES string of the molecule is Cc1ccccc1-c1ncc2c(n1)N(C)C1C(C)C(C)(C)c3ccccc3N21. The van der Waals surface area contributed by atoms with Crippen molar-refractivity contribution in [3.05, 3.63) is 65.9 Å². The molecule has 0 fully saturated rings. The van der Waals surface area contributed by atoms with Crippen molar-refractivity contribution in [1.82, 2.24) is 9.97 Å². The number of fused-ring (bicyclic) bond motifs is 5. The fourth-order valence-electron chi connectivity index (χ4n) is 4.87. The van der Waals surface area contributed by atoms with Crippen LogP contribution in [-0.4, -0.2) is 23.2 Å². The van der Waals surface area contributed by atoms with Crippen LogP contribution in [0.3, 0.4) is 0 Å². The largest absolute Gasteiger partial charge is 0.337 e. The van der Waals surface area contributed by atoms with Crippen molar-refractivity contribution in [1.29, 1.82) is 0 Å². The van der Waals surface area contributed by atoms with Crippen LogP contribution < -0.4 is 9.80 Å². The molecule has 28 heavy (non-hydrogen) atoms. The molecule has 2 unspecified atom stereocenters. The van der Waals surface area contributed by atoms with E-state index in [-0.39, 0.29) is 11.6 Å². The van der Waals surface area contributed by atoms with E-state index in [2.05, 4.69) is 87.0 Å². The van der Waals surface area contributed by atoms with Crippen LogP contribution in [-0.2, 0) is 5.41 Å². The van der Waals surface area contributed by atoms with E-state index in [1.807, 2.05) is 12.3 Å². The zero-order chi connectivity index (χ0) is 19.6. The van der Waals surface area contributed by atoms with E-state index >= 15 is 0 Å². The van der Waals surface area contributed by atoms with Gasteiger partial charge in [-0.25, -0.2) is 9.97 Å². The van der Waals surface area contributed by atoms with Crippen LogP contribution >= 0.6 is 0 Å². The molecule has 0 saturated heterocycles. The van der Waals surface area contributed by atoms with Crippen LogP contribution in [0.5, 0.6) is 0 Å². The summed E-state index contributed by atoms with van der Waals surface area (Å²) >= 11 is 0. The summed E-state index contributed by atoms with van der Waals surface area (Å²) in [4.78, 5) is 14.5. The standard InChI is InChI=1S/C24H26N4/c1-15-10-6-7-11-17(15)21-25-14-20-22(26-21)27(5)23-16(2)24(3,4)18-12-8-9-13-19(18)28(20)23/h6-14,16,23H,1-5H3. The molecule has 142 valence electrons. The predicted molar refractivity (Wildman–Crippen MR) is 115 cm³/mol. The van der Waals surface area contributed by atoms with Crippen LogP contribution in [0.15, 0.2) is 54.7 Å². The monoisotopic (exact) mass is 370 g/mol. The molecule has 4 heteroatoms. The van der Waals surface area contributed by atoms with Gasteiger partial charge in [-0.15, -0.1) is 0 Å². The van der Waals surface area contributed by atoms with Crippen molar-refractivity contribution >= 4 is 17.2 Å². The Labute approximate surface area is 166 Å². The van der Waals surface area contributed by atoms with Gasteiger partial charge in [0.2, 0.25) is 0 Å². The van der Waals surface area contributed by atoms with Gasteiger partial charge < -0.3 is 9.80 Å². The molecule has 2 aliphatic heterocycles. The summed E-state index contributed by atoms with van der Waals surface area (Å²) in [6.45, 7) is 9.18. The summed E-state index contributed by atoms with van der Waals surface area (Å²) in [5.41, 5.74) is 6.13. The van der Waals surface area contributed by atoms with Gasteiger partial charge in [0.25, 0.3) is 0 Å². The number of hydrogen-bond donors (Lipinski definition) is 0. The molecule has 0 radical (unpaired) electrons. The summed E-state index contributed by atoms with van der Waals surface area (Å²) in [7, 11) is 2.17. The van der Waals surface area contributed by atoms with Gasteiger partial charge in [0.05, 0.1) is 6.20 Å². The maximum absolute atomic E-state index is 5.02. The topological polar surface area (TPSA) is 32.3 Å². The molecular weight excluding hydrogens is 344 g/mol. The highest BCUT2D eigenvalue weighted by Crippen LogP contribution is 2.54. The van der Waals surface area contributed by atoms with Gasteiger partial charge in [0, 0.05) is 24.2 Å². The number of rotatable bonds is 1. The fraction of sp³-hybridized carbons (Fsp3) is 0.333. The molecule has 2 aliphatic rings. The molecule has 4 nitrogen and oxygen atoms in total. The van der Waals surface area contributed by atoms with Crippen molar-refractivity contribution in [2.45, 2.75) is 39.3 Å². The quantitative estimate of drug-likeness (QED) is 0.582. The van der Waals surface area contributed by atoms with Crippen molar-refractivity contribution in [2.24, 2.45) is 5.92 Å². The summed E-state index contributed by atoms with van der Waals surface area (Å²) in [6.07, 6.45) is 2.24. The number of aryl methyl sites for hydroxylation is 1. The predicted octanol–water partition coefficient (Wildman–Crippen LogP) is 5.29. The van der Waals surface area contributed by atoms with Gasteiger partial charge >= 0.3 is 0 Å². The van der Waals surface area contributed by atoms with Crippen LogP contribution in [0.1, 0.15) is 31.9 Å². The van der Waals surface area contributed by atoms with E-state index in [1.165, 1.54) is 16.8 Å². The minimum absolute atomic E-state index is 0.0837. The van der Waals surface area contributed by atoms with Crippen molar-refractivity contribution < 1.29 is 0 Å². The number of nitrogens with zero attached hydrogens (tertiary/aromatic N) is 4. The molecule has 0 saturated carbocycles. The number of para-hydroxylation sites is 1. The molecule has 5 rings (SSSR count). The number of anilines is 3. The van der Waals surface area contributed by atoms with E-state index in [0.717, 1.165) is 22.9 Å². The molecule has 2 aromatic carbocycles. The highest BCUT2D eigenvalue weighted by molar-refractivity contribution is 5.84. The molecule has 3 heterocycles. The smallest absolute Gasteiger partial charge is 0.161 e. The summed E-state index contributed by atoms with van der Waals surface area (Å²) in [6, 6.07) is 17.1. The Hall–Kier alpha value is -2.88. The first kappa shape index (κ1) is 17.2. The summed E-state index contributed by atoms with van der Waals surface area (Å²) in [5.74, 6) is 2.24. The second-order valence-corrected chi connectivity index (χ2v) is 8.64. The lowest BCUT2D eigenvalue weighted by molar-refractivity contribution is 0.276. The second-order valence-electron chi connectivity index (χ2n) is 8.64. The molecule has 0 amide bonds. The minimum atomic E-state index is 0.0837. The lowest BCUT2D eigenvalue weighted by Crippen LogP contribution is -2.53. The van der Waals surface area contributed by atoms with Gasteiger partial charge in [0.15, 0.2) is 11.6 Å². The Bertz CT molecular complexity index is 1070. The number of hydrogen-bond acceptors (Lipinski definition) is 4. The lowest BCUT2D eigenvalue weighted by Gasteiger charge is -2.49. The third-order valence-corrected chi connectivity index (χ3v) is 6.83. The van der Waals surface area contributed by atoms with Crippen LogP contribution in [0.2, 0.25) is 0 Å². The van der Waals surface area contributed by atoms with Gasteiger partial charge in [-0.1, -0.05) is 63.2 Å². The van der Waals surface area contributed by atoms with Gasteiger partial charge in [-0.05, 0) is 29.5 Å². The highest BCUT2D eigenvalue weighted by Gasteiger charge is 2.50. The Kier molecular flexibility index (Phi) is 3.57. The van der Waals surface area contributed by atoms with Crippen molar-refractivity contribution in [3.63, 3.8) is 0 Å². The van der Waals surface area contributed by atoms with Crippen molar-refractivity contribution in [3.8, 4) is 11.4 Å². The van der Waals surface area contributed by atoms with Crippen LogP contribution in [0.25, 0.3) is 11.4 Å². The number of aromatic nitrogens is 2. The molecular formula is C24H26N4. The average Bonchev–Trinajstić information content (AvgIpc) is 2.99. The average molecular weight is 371 g/mol. The Morgan fingerprint density at radius 1 is 0.964 bits per heavy atom. The first-order valence-electron chi connectivity index (χ1n) is 9.96. The third-order valence-electron chi connectivity index (χ3n) is 6.83. The molecule has 0 aliphatic carbocycles. The maximum atomic E-state index is 5.02. The van der Waals surface area contributed by atoms with E-state index in [0.29, 0.717) is 5.92 Å². The van der Waals surface area contributed by atoms with E-state index in [9.17, 15) is 0 Å². The molecule has 0 bridgehead atoms. The zero-order valence-corrected chi connectivity index (χ0v) is 17.1. The third kappa shape index (κ3) is 2.17.